The highest BCUT2D eigenvalue weighted by Gasteiger charge is 2.04. The van der Waals surface area contributed by atoms with Gasteiger partial charge in [-0.05, 0) is 17.7 Å². The summed E-state index contributed by atoms with van der Waals surface area (Å²) < 4.78 is 4.95. The number of aromatic hydroxyl groups is 1. The van der Waals surface area contributed by atoms with Gasteiger partial charge in [0.05, 0.1) is 13.5 Å². The van der Waals surface area contributed by atoms with Crippen LogP contribution in [0.15, 0.2) is 24.3 Å². The maximum absolute atomic E-state index is 10.4. The van der Waals surface area contributed by atoms with Crippen LogP contribution in [-0.4, -0.2) is 29.3 Å². The van der Waals surface area contributed by atoms with Gasteiger partial charge < -0.3 is 20.7 Å². The zero-order valence-corrected chi connectivity index (χ0v) is 9.46. The molecule has 5 heteroatoms. The molecular weight excluding hydrogens is 222 g/mol. The van der Waals surface area contributed by atoms with Crippen LogP contribution in [-0.2, 0) is 4.79 Å². The second kappa shape index (κ2) is 5.91. The summed E-state index contributed by atoms with van der Waals surface area (Å²) in [7, 11) is 1.46. The number of phenolic OH excluding ortho intramolecular Hbond substituents is 1. The molecule has 0 radical (unpaired) electrons. The van der Waals surface area contributed by atoms with Crippen molar-refractivity contribution in [3.05, 3.63) is 29.8 Å². The van der Waals surface area contributed by atoms with Gasteiger partial charge in [0.15, 0.2) is 11.5 Å². The van der Waals surface area contributed by atoms with Crippen LogP contribution in [0.1, 0.15) is 12.0 Å². The maximum atomic E-state index is 10.4. The normalized spacial score (nSPS) is 12.6. The molecule has 0 spiro atoms. The van der Waals surface area contributed by atoms with Crippen molar-refractivity contribution < 1.29 is 19.7 Å². The Labute approximate surface area is 99.1 Å². The van der Waals surface area contributed by atoms with Crippen molar-refractivity contribution in [2.45, 2.75) is 12.5 Å². The Morgan fingerprint density at radius 3 is 2.88 bits per heavy atom. The van der Waals surface area contributed by atoms with Gasteiger partial charge in [0.1, 0.15) is 0 Å². The number of ether oxygens (including phenoxy) is 1. The van der Waals surface area contributed by atoms with Crippen molar-refractivity contribution in [1.29, 1.82) is 0 Å². The highest BCUT2D eigenvalue weighted by molar-refractivity contribution is 5.68. The zero-order chi connectivity index (χ0) is 12.8. The van der Waals surface area contributed by atoms with Crippen molar-refractivity contribution in [1.82, 2.24) is 0 Å². The fraction of sp³-hybridized carbons (Fsp3) is 0.250. The van der Waals surface area contributed by atoms with Gasteiger partial charge in [-0.3, -0.25) is 4.79 Å². The molecule has 0 fully saturated rings. The summed E-state index contributed by atoms with van der Waals surface area (Å²) in [5, 5.41) is 17.9. The van der Waals surface area contributed by atoms with E-state index in [4.69, 9.17) is 15.6 Å². The fourth-order valence-electron chi connectivity index (χ4n) is 1.30. The van der Waals surface area contributed by atoms with Crippen LogP contribution in [0.3, 0.4) is 0 Å². The first kappa shape index (κ1) is 13.1. The summed E-state index contributed by atoms with van der Waals surface area (Å²) in [6.45, 7) is 0. The number of benzene rings is 1. The molecule has 0 bridgehead atoms. The molecular formula is C12H15NO4. The Hall–Kier alpha value is -2.01. The van der Waals surface area contributed by atoms with E-state index in [-0.39, 0.29) is 12.2 Å². The number of aliphatic carboxylic acids is 1. The molecule has 92 valence electrons. The summed E-state index contributed by atoms with van der Waals surface area (Å²) in [5.74, 6) is -0.524. The quantitative estimate of drug-likeness (QED) is 0.716. The van der Waals surface area contributed by atoms with Crippen molar-refractivity contribution in [2.75, 3.05) is 7.11 Å². The molecule has 1 atom stereocenters. The van der Waals surface area contributed by atoms with E-state index in [9.17, 15) is 9.90 Å². The lowest BCUT2D eigenvalue weighted by molar-refractivity contribution is -0.137. The molecule has 1 unspecified atom stereocenters. The first-order chi connectivity index (χ1) is 8.02. The first-order valence-electron chi connectivity index (χ1n) is 5.05. The number of nitrogens with two attached hydrogens (primary N) is 1. The molecule has 1 rings (SSSR count). The van der Waals surface area contributed by atoms with Crippen LogP contribution in [0.2, 0.25) is 0 Å². The van der Waals surface area contributed by atoms with Crippen LogP contribution >= 0.6 is 0 Å². The molecule has 0 aliphatic heterocycles. The number of rotatable bonds is 5. The van der Waals surface area contributed by atoms with Gasteiger partial charge in [-0.1, -0.05) is 18.2 Å². The van der Waals surface area contributed by atoms with Crippen LogP contribution in [0.4, 0.5) is 0 Å². The average Bonchev–Trinajstić information content (AvgIpc) is 2.27. The minimum atomic E-state index is -0.939. The van der Waals surface area contributed by atoms with Gasteiger partial charge in [-0.2, -0.15) is 0 Å². The van der Waals surface area contributed by atoms with Gasteiger partial charge >= 0.3 is 5.97 Å². The van der Waals surface area contributed by atoms with E-state index in [1.165, 1.54) is 13.2 Å². The third-order valence-corrected chi connectivity index (χ3v) is 2.15. The van der Waals surface area contributed by atoms with E-state index in [0.717, 1.165) is 5.56 Å². The molecule has 0 heterocycles. The number of carboxylic acid groups (broad SMARTS) is 1. The average molecular weight is 237 g/mol. The third kappa shape index (κ3) is 4.16. The van der Waals surface area contributed by atoms with E-state index in [2.05, 4.69) is 0 Å². The monoisotopic (exact) mass is 237 g/mol. The summed E-state index contributed by atoms with van der Waals surface area (Å²) in [6, 6.07) is 4.29. The predicted octanol–water partition coefficient (Wildman–Crippen LogP) is 1.22. The third-order valence-electron chi connectivity index (χ3n) is 2.15. The maximum Gasteiger partial charge on any atom is 0.305 e. The molecule has 17 heavy (non-hydrogen) atoms. The Morgan fingerprint density at radius 2 is 2.29 bits per heavy atom. The smallest absolute Gasteiger partial charge is 0.305 e. The minimum Gasteiger partial charge on any atom is -0.504 e. The molecule has 1 aromatic rings. The van der Waals surface area contributed by atoms with Gasteiger partial charge in [-0.15, -0.1) is 0 Å². The summed E-state index contributed by atoms with van der Waals surface area (Å²) in [6.07, 6.45) is 3.17. The minimum absolute atomic E-state index is 0.0551. The number of carboxylic acids is 1. The number of hydrogen-bond donors (Lipinski definition) is 3. The standard InChI is InChI=1S/C12H15NO4/c1-17-11-6-8(3-5-10(11)14)2-4-9(13)7-12(15)16/h2-6,9,14H,7,13H2,1H3,(H,15,16)/b4-2+. The molecule has 5 nitrogen and oxygen atoms in total. The Balaban J connectivity index is 2.74. The van der Waals surface area contributed by atoms with Crippen LogP contribution in [0.25, 0.3) is 6.08 Å². The molecule has 0 aliphatic carbocycles. The van der Waals surface area contributed by atoms with Crippen molar-refractivity contribution in [3.63, 3.8) is 0 Å². The summed E-state index contributed by atoms with van der Waals surface area (Å²) in [5.41, 5.74) is 6.35. The van der Waals surface area contributed by atoms with E-state index in [0.29, 0.717) is 5.75 Å². The van der Waals surface area contributed by atoms with Gasteiger partial charge in [0, 0.05) is 6.04 Å². The van der Waals surface area contributed by atoms with E-state index in [1.807, 2.05) is 0 Å². The van der Waals surface area contributed by atoms with Gasteiger partial charge in [-0.25, -0.2) is 0 Å². The highest BCUT2D eigenvalue weighted by atomic mass is 16.5. The Kier molecular flexibility index (Phi) is 4.54. The molecule has 0 saturated heterocycles. The second-order valence-electron chi connectivity index (χ2n) is 3.55. The van der Waals surface area contributed by atoms with Crippen LogP contribution in [0, 0.1) is 0 Å². The van der Waals surface area contributed by atoms with Crippen LogP contribution in [0.5, 0.6) is 11.5 Å². The Bertz CT molecular complexity index is 429. The predicted molar refractivity (Wildman–Crippen MR) is 63.9 cm³/mol. The molecule has 0 aliphatic rings. The zero-order valence-electron chi connectivity index (χ0n) is 9.46. The molecule has 4 N–H and O–H groups in total. The van der Waals surface area contributed by atoms with Crippen LogP contribution < -0.4 is 10.5 Å². The van der Waals surface area contributed by atoms with Gasteiger partial charge in [0.2, 0.25) is 0 Å². The lowest BCUT2D eigenvalue weighted by atomic mass is 10.1. The lowest BCUT2D eigenvalue weighted by Crippen LogP contribution is -2.20. The van der Waals surface area contributed by atoms with E-state index >= 15 is 0 Å². The second-order valence-corrected chi connectivity index (χ2v) is 3.55. The molecule has 0 amide bonds. The van der Waals surface area contributed by atoms with Gasteiger partial charge in [0.25, 0.3) is 0 Å². The first-order valence-corrected chi connectivity index (χ1v) is 5.05. The fourth-order valence-corrected chi connectivity index (χ4v) is 1.30. The largest absolute Gasteiger partial charge is 0.504 e. The number of carbonyl (C=O) groups is 1. The summed E-state index contributed by atoms with van der Waals surface area (Å²) >= 11 is 0. The number of methoxy groups -OCH3 is 1. The van der Waals surface area contributed by atoms with E-state index in [1.54, 1.807) is 24.3 Å². The van der Waals surface area contributed by atoms with Crippen molar-refractivity contribution in [2.24, 2.45) is 5.73 Å². The summed E-state index contributed by atoms with van der Waals surface area (Å²) in [4.78, 5) is 10.4. The van der Waals surface area contributed by atoms with Crippen molar-refractivity contribution in [3.8, 4) is 11.5 Å². The SMILES string of the molecule is COc1cc(/C=C/C(N)CC(=O)O)ccc1O. The molecule has 1 aromatic carbocycles. The highest BCUT2D eigenvalue weighted by Crippen LogP contribution is 2.26. The Morgan fingerprint density at radius 1 is 1.59 bits per heavy atom. The topological polar surface area (TPSA) is 92.8 Å². The van der Waals surface area contributed by atoms with E-state index < -0.39 is 12.0 Å². The van der Waals surface area contributed by atoms with Crippen molar-refractivity contribution >= 4 is 12.0 Å². The molecule has 0 aromatic heterocycles. The lowest BCUT2D eigenvalue weighted by Gasteiger charge is -2.05. The molecule has 0 saturated carbocycles. The number of hydrogen-bond acceptors (Lipinski definition) is 4. The number of phenols is 1.